The Morgan fingerprint density at radius 2 is 0.872 bits per heavy atom. The third kappa shape index (κ3) is 20.2. The number of likely N-dealkylation sites (N-methyl/N-ethyl adjacent to an activating group) is 2. The van der Waals surface area contributed by atoms with Gasteiger partial charge in [0.2, 0.25) is 11.8 Å². The molecule has 0 spiro atoms. The molecular weight excluding hydrogens is 1240 g/mol. The van der Waals surface area contributed by atoms with Gasteiger partial charge in [0, 0.05) is 47.7 Å². The van der Waals surface area contributed by atoms with Crippen molar-refractivity contribution in [1.82, 2.24) is 29.6 Å². The number of rotatable bonds is 25. The first-order valence-corrected chi connectivity index (χ1v) is 30.7. The molecule has 512 valence electrons. The Morgan fingerprint density at radius 3 is 1.17 bits per heavy atom. The number of carboxylic acid groups (broad SMARTS) is 1. The first kappa shape index (κ1) is 76.6. The first-order chi connectivity index (χ1) is 43.6. The highest BCUT2D eigenvalue weighted by Crippen LogP contribution is 2.42. The van der Waals surface area contributed by atoms with Crippen LogP contribution >= 0.6 is 0 Å². The Labute approximate surface area is 541 Å². The van der Waals surface area contributed by atoms with Crippen LogP contribution in [0.4, 0.5) is 43.9 Å². The Hall–Kier alpha value is -8.12. The number of nitrogens with zero attached hydrogens (tertiary/aromatic N) is 4. The summed E-state index contributed by atoms with van der Waals surface area (Å²) in [5.74, 6) is -8.86. The number of amides is 2. The van der Waals surface area contributed by atoms with Crippen LogP contribution in [0.2, 0.25) is 0 Å². The van der Waals surface area contributed by atoms with E-state index < -0.39 is 130 Å². The summed E-state index contributed by atoms with van der Waals surface area (Å²) in [5.41, 5.74) is -1.68. The zero-order chi connectivity index (χ0) is 70.8. The monoisotopic (exact) mass is 1330 g/mol. The maximum absolute atomic E-state index is 16.0. The number of hydrogen-bond acceptors (Lipinski definition) is 9. The Bertz CT molecular complexity index is 3810. The number of aliphatic carboxylic acids is 1. The van der Waals surface area contributed by atoms with Crippen molar-refractivity contribution in [2.24, 2.45) is 11.8 Å². The van der Waals surface area contributed by atoms with Gasteiger partial charge >= 0.3 is 24.3 Å². The highest BCUT2D eigenvalue weighted by molar-refractivity contribution is 5.83. The fraction of sp³-hybridized carbons (Fsp3) is 0.457. The summed E-state index contributed by atoms with van der Waals surface area (Å²) in [4.78, 5) is 83.4. The molecule has 6 rings (SSSR count). The molecule has 2 amide bonds. The number of aromatic nitrogens is 2. The minimum atomic E-state index is -5.17. The molecule has 0 aliphatic rings. The molecule has 0 aliphatic carbocycles. The van der Waals surface area contributed by atoms with E-state index in [1.807, 2.05) is 65.7 Å². The van der Waals surface area contributed by atoms with Crippen molar-refractivity contribution in [1.29, 1.82) is 0 Å². The zero-order valence-corrected chi connectivity index (χ0v) is 55.6. The maximum atomic E-state index is 16.0. The van der Waals surface area contributed by atoms with Crippen LogP contribution in [-0.4, -0.2) is 95.7 Å². The van der Waals surface area contributed by atoms with Crippen LogP contribution in [0.15, 0.2) is 82.6 Å². The second kappa shape index (κ2) is 32.3. The lowest BCUT2D eigenvalue weighted by Gasteiger charge is -2.27. The molecule has 0 radical (unpaired) electrons. The largest absolute Gasteiger partial charge is 0.481 e. The number of carbonyl (C=O) groups excluding carboxylic acids is 3. The van der Waals surface area contributed by atoms with Gasteiger partial charge < -0.3 is 39.4 Å². The van der Waals surface area contributed by atoms with Gasteiger partial charge in [0.05, 0.1) is 42.7 Å². The molecule has 14 nitrogen and oxygen atoms in total. The number of pyridine rings is 2. The summed E-state index contributed by atoms with van der Waals surface area (Å²) in [7, 11) is 7.58. The predicted molar refractivity (Wildman–Crippen MR) is 340 cm³/mol. The Morgan fingerprint density at radius 1 is 0.532 bits per heavy atom. The van der Waals surface area contributed by atoms with Crippen LogP contribution in [0.25, 0.3) is 22.3 Å². The summed E-state index contributed by atoms with van der Waals surface area (Å²) in [6, 6.07) is 5.79. The number of esters is 1. The van der Waals surface area contributed by atoms with Gasteiger partial charge in [-0.3, -0.25) is 28.8 Å². The average molecular weight is 1330 g/mol. The van der Waals surface area contributed by atoms with Crippen molar-refractivity contribution in [3.8, 4) is 22.3 Å². The van der Waals surface area contributed by atoms with E-state index in [1.54, 1.807) is 38.4 Å². The van der Waals surface area contributed by atoms with E-state index >= 15 is 8.78 Å². The molecule has 6 aromatic rings. The van der Waals surface area contributed by atoms with Gasteiger partial charge in [0.1, 0.15) is 35.4 Å². The lowest BCUT2D eigenvalue weighted by Crippen LogP contribution is -2.41. The molecule has 94 heavy (non-hydrogen) atoms. The molecule has 0 saturated carbocycles. The highest BCUT2D eigenvalue weighted by atomic mass is 19.4. The number of benzene rings is 4. The minimum Gasteiger partial charge on any atom is -0.481 e. The average Bonchev–Trinajstić information content (AvgIpc) is 0.783. The fourth-order valence-electron chi connectivity index (χ4n) is 11.5. The molecule has 2 aromatic heterocycles. The normalized spacial score (nSPS) is 13.2. The number of aryl methyl sites for hydroxylation is 6. The van der Waals surface area contributed by atoms with E-state index in [2.05, 4.69) is 10.6 Å². The summed E-state index contributed by atoms with van der Waals surface area (Å²) in [6.45, 7) is 19.4. The number of ether oxygens (including phenoxy) is 1. The van der Waals surface area contributed by atoms with Crippen molar-refractivity contribution in [3.05, 3.63) is 184 Å². The predicted octanol–water partition coefficient (Wildman–Crippen LogP) is 14.0. The van der Waals surface area contributed by atoms with E-state index in [1.165, 1.54) is 43.8 Å². The van der Waals surface area contributed by atoms with Crippen LogP contribution in [-0.2, 0) is 49.1 Å². The topological polar surface area (TPSA) is 172 Å². The van der Waals surface area contributed by atoms with Crippen molar-refractivity contribution >= 4 is 23.8 Å². The molecule has 2 unspecified atom stereocenters. The summed E-state index contributed by atoms with van der Waals surface area (Å²) in [6.07, 6.45) is -7.37. The van der Waals surface area contributed by atoms with Crippen LogP contribution in [0.5, 0.6) is 0 Å². The van der Waals surface area contributed by atoms with Crippen molar-refractivity contribution in [2.45, 2.75) is 151 Å². The Balaban J connectivity index is 0.000000341. The third-order valence-electron chi connectivity index (χ3n) is 15.7. The minimum absolute atomic E-state index is 0.0613. The zero-order valence-electron chi connectivity index (χ0n) is 55.6. The van der Waals surface area contributed by atoms with Crippen LogP contribution < -0.4 is 21.8 Å². The van der Waals surface area contributed by atoms with Crippen molar-refractivity contribution < 1.29 is 72.9 Å². The summed E-state index contributed by atoms with van der Waals surface area (Å²) in [5, 5.41) is 14.8. The van der Waals surface area contributed by atoms with E-state index in [9.17, 15) is 69.0 Å². The number of halogens is 10. The van der Waals surface area contributed by atoms with E-state index in [0.29, 0.717) is 60.3 Å². The quantitative estimate of drug-likeness (QED) is 0.0370. The van der Waals surface area contributed by atoms with Crippen molar-refractivity contribution in [3.63, 3.8) is 0 Å². The van der Waals surface area contributed by atoms with Crippen LogP contribution in [0.1, 0.15) is 151 Å². The molecule has 4 aromatic carbocycles. The smallest absolute Gasteiger partial charge is 0.419 e. The SMILES string of the molecule is CCOC(=O)C[C@H](NC(=O)C(CC(C)C)n1cc(CCN(C)C)cc(C)c1=O)c1cc(-c2c(C)cc(F)cc2C)cc(C(F)(F)F)c1F.Cc1cc(F)cc(C)c1-c1cc([C@H](CC(=O)O)NC(=O)C(CC(C)C)n2cc(CCN(C)C)cc(C)c2=O)c(F)c(C(F)(F)F)c1. The number of carboxylic acids is 1. The van der Waals surface area contributed by atoms with Crippen LogP contribution in [0, 0.1) is 76.6 Å². The van der Waals surface area contributed by atoms with E-state index in [0.717, 1.165) is 47.5 Å². The Kier molecular flexibility index (Phi) is 26.4. The molecular formula is C70H84F10N6O8. The number of alkyl halides is 6. The van der Waals surface area contributed by atoms with Crippen LogP contribution in [0.3, 0.4) is 0 Å². The first-order valence-electron chi connectivity index (χ1n) is 30.7. The molecule has 4 atom stereocenters. The molecule has 0 aliphatic heterocycles. The second-order valence-corrected chi connectivity index (χ2v) is 25.3. The molecule has 0 bridgehead atoms. The van der Waals surface area contributed by atoms with Gasteiger partial charge in [-0.25, -0.2) is 17.6 Å². The number of carbonyl (C=O) groups is 4. The standard InChI is InChI=1S/C36H44F5N3O4.C34H40F5N3O4/c1-9-48-31(45)18-29(27-16-25(17-28(33(27)38)36(39,40)41)32-21(4)14-26(37)15-22(32)5)42-34(46)30(12-20(2)3)44-19-24(10-11-43(7)8)13-23(6)35(44)47;1-18(2)10-28(42-17-22(8-9-41(6)7)11-21(5)33(42)46)32(45)40-27(16-29(43)44)25-14-23(15-26(31(25)36)34(37,38)39)30-19(3)12-24(35)13-20(30)4/h13-17,19-20,29-30H,9-12,18H2,1-8H3,(H,42,46);11-15,17-18,27-28H,8-10,16H2,1-7H3,(H,40,45)(H,43,44)/t29-,30?;27-,28?/m00/s1. The number of nitrogens with one attached hydrogen (secondary N) is 2. The maximum Gasteiger partial charge on any atom is 0.419 e. The van der Waals surface area contributed by atoms with Gasteiger partial charge in [-0.15, -0.1) is 0 Å². The van der Waals surface area contributed by atoms with E-state index in [-0.39, 0.29) is 64.7 Å². The summed E-state index contributed by atoms with van der Waals surface area (Å²) < 4.78 is 153. The lowest BCUT2D eigenvalue weighted by molar-refractivity contribution is -0.144. The molecule has 2 heterocycles. The molecule has 0 fully saturated rings. The van der Waals surface area contributed by atoms with Gasteiger partial charge in [-0.2, -0.15) is 26.3 Å². The molecule has 0 saturated heterocycles. The van der Waals surface area contributed by atoms with Gasteiger partial charge in [0.15, 0.2) is 0 Å². The highest BCUT2D eigenvalue weighted by Gasteiger charge is 2.40. The third-order valence-corrected chi connectivity index (χ3v) is 15.7. The van der Waals surface area contributed by atoms with Gasteiger partial charge in [0.25, 0.3) is 11.1 Å². The summed E-state index contributed by atoms with van der Waals surface area (Å²) >= 11 is 0. The van der Waals surface area contributed by atoms with Gasteiger partial charge in [-0.05, 0) is 230 Å². The van der Waals surface area contributed by atoms with Gasteiger partial charge in [-0.1, -0.05) is 27.7 Å². The molecule has 24 heteroatoms. The fourth-order valence-corrected chi connectivity index (χ4v) is 11.5. The van der Waals surface area contributed by atoms with E-state index in [4.69, 9.17) is 4.74 Å². The lowest BCUT2D eigenvalue weighted by atomic mass is 9.89. The molecule has 3 N–H and O–H groups in total. The van der Waals surface area contributed by atoms with Crippen molar-refractivity contribution in [2.75, 3.05) is 47.9 Å². The number of hydrogen-bond donors (Lipinski definition) is 3. The second-order valence-electron chi connectivity index (χ2n) is 25.3.